The highest BCUT2D eigenvalue weighted by Crippen LogP contribution is 2.29. The van der Waals surface area contributed by atoms with E-state index in [1.165, 1.54) is 0 Å². The quantitative estimate of drug-likeness (QED) is 0.851. The maximum atomic E-state index is 12.1. The number of aliphatic imine (C=N–C) groups is 1. The molecule has 0 fully saturated rings. The first kappa shape index (κ1) is 16.2. The second kappa shape index (κ2) is 6.89. The van der Waals surface area contributed by atoms with Crippen LogP contribution in [0.3, 0.4) is 0 Å². The van der Waals surface area contributed by atoms with Gasteiger partial charge < -0.3 is 4.74 Å². The number of carbonyl (C=O) groups excluding carboxylic acids is 1. The van der Waals surface area contributed by atoms with Crippen molar-refractivity contribution in [3.63, 3.8) is 0 Å². The Morgan fingerprint density at radius 2 is 1.96 bits per heavy atom. The molecule has 0 saturated carbocycles. The topological polar surface area (TPSA) is 79.7 Å². The van der Waals surface area contributed by atoms with Crippen LogP contribution in [0, 0.1) is 0 Å². The molecule has 1 atom stereocenters. The number of fused-ring (bicyclic) bond motifs is 1. The summed E-state index contributed by atoms with van der Waals surface area (Å²) in [6, 6.07) is 11.0. The largest absolute Gasteiger partial charge is 0.465 e. The van der Waals surface area contributed by atoms with Crippen LogP contribution in [0.15, 0.2) is 71.8 Å². The van der Waals surface area contributed by atoms with E-state index in [4.69, 9.17) is 4.74 Å². The number of hydrogen-bond donors (Lipinski definition) is 1. The minimum atomic E-state index is -0.601. The van der Waals surface area contributed by atoms with Gasteiger partial charge in [-0.3, -0.25) is 5.01 Å². The summed E-state index contributed by atoms with van der Waals surface area (Å²) in [6.07, 6.45) is 7.01. The highest BCUT2D eigenvalue weighted by molar-refractivity contribution is 6.13. The number of esters is 1. The van der Waals surface area contributed by atoms with Crippen LogP contribution >= 0.6 is 0 Å². The fraction of sp³-hybridized carbons (Fsp3) is 0.158. The third-order valence-corrected chi connectivity index (χ3v) is 3.97. The molecule has 7 nitrogen and oxygen atoms in total. The van der Waals surface area contributed by atoms with E-state index >= 15 is 0 Å². The SMILES string of the molecule is CCOC(=O)C1C=C2N=C(c3ccccc3)C=C(c3ncccn3)N2N1. The lowest BCUT2D eigenvalue weighted by atomic mass is 10.1. The van der Waals surface area contributed by atoms with Crippen molar-refractivity contribution in [2.45, 2.75) is 13.0 Å². The number of aromatic nitrogens is 2. The molecule has 2 aliphatic heterocycles. The standard InChI is InChI=1S/C19H17N5O2/c1-2-26-19(25)15-12-17-22-14(13-7-4-3-5-8-13)11-16(24(17)23-15)18-20-9-6-10-21-18/h3-12,15,23H,2H2,1H3. The van der Waals surface area contributed by atoms with E-state index in [2.05, 4.69) is 20.4 Å². The molecule has 3 heterocycles. The minimum Gasteiger partial charge on any atom is -0.465 e. The lowest BCUT2D eigenvalue weighted by Gasteiger charge is -2.27. The summed E-state index contributed by atoms with van der Waals surface area (Å²) in [5.74, 6) is 0.810. The van der Waals surface area contributed by atoms with E-state index in [0.717, 1.165) is 17.0 Å². The number of nitrogens with zero attached hydrogens (tertiary/aromatic N) is 4. The van der Waals surface area contributed by atoms with Crippen molar-refractivity contribution < 1.29 is 9.53 Å². The molecule has 0 saturated heterocycles. The van der Waals surface area contributed by atoms with Crippen LogP contribution in [0.2, 0.25) is 0 Å². The van der Waals surface area contributed by atoms with Gasteiger partial charge >= 0.3 is 5.97 Å². The van der Waals surface area contributed by atoms with Gasteiger partial charge in [-0.25, -0.2) is 25.2 Å². The number of benzene rings is 1. The summed E-state index contributed by atoms with van der Waals surface area (Å²) < 4.78 is 5.11. The predicted molar refractivity (Wildman–Crippen MR) is 96.5 cm³/mol. The average Bonchev–Trinajstić information content (AvgIpc) is 3.13. The first-order chi connectivity index (χ1) is 12.8. The fourth-order valence-corrected chi connectivity index (χ4v) is 2.80. The Labute approximate surface area is 150 Å². The van der Waals surface area contributed by atoms with Gasteiger partial charge in [-0.2, -0.15) is 0 Å². The highest BCUT2D eigenvalue weighted by Gasteiger charge is 2.34. The molecule has 4 rings (SSSR count). The van der Waals surface area contributed by atoms with Crippen molar-refractivity contribution in [3.8, 4) is 0 Å². The Hall–Kier alpha value is -3.32. The molecule has 0 bridgehead atoms. The summed E-state index contributed by atoms with van der Waals surface area (Å²) in [6.45, 7) is 2.10. The third-order valence-electron chi connectivity index (χ3n) is 3.97. The lowest BCUT2D eigenvalue weighted by molar-refractivity contribution is -0.144. The summed E-state index contributed by atoms with van der Waals surface area (Å²) in [5, 5.41) is 1.73. The highest BCUT2D eigenvalue weighted by atomic mass is 16.5. The van der Waals surface area contributed by atoms with Crippen molar-refractivity contribution in [2.75, 3.05) is 6.61 Å². The molecule has 1 unspecified atom stereocenters. The molecule has 0 radical (unpaired) electrons. The number of ether oxygens (including phenoxy) is 1. The van der Waals surface area contributed by atoms with Crippen LogP contribution < -0.4 is 5.43 Å². The zero-order chi connectivity index (χ0) is 17.9. The van der Waals surface area contributed by atoms with Gasteiger partial charge in [0.15, 0.2) is 5.82 Å². The second-order valence-electron chi connectivity index (χ2n) is 5.68. The molecule has 7 heteroatoms. The Bertz CT molecular complexity index is 906. The molecule has 26 heavy (non-hydrogen) atoms. The monoisotopic (exact) mass is 347 g/mol. The third kappa shape index (κ3) is 3.00. The maximum absolute atomic E-state index is 12.1. The summed E-state index contributed by atoms with van der Waals surface area (Å²) >= 11 is 0. The number of allylic oxidation sites excluding steroid dienone is 1. The van der Waals surface area contributed by atoms with Crippen molar-refractivity contribution in [1.29, 1.82) is 0 Å². The lowest BCUT2D eigenvalue weighted by Crippen LogP contribution is -2.42. The average molecular weight is 347 g/mol. The van der Waals surface area contributed by atoms with Crippen LogP contribution in [-0.2, 0) is 9.53 Å². The smallest absolute Gasteiger partial charge is 0.329 e. The Balaban J connectivity index is 1.76. The van der Waals surface area contributed by atoms with Crippen molar-refractivity contribution >= 4 is 17.4 Å². The van der Waals surface area contributed by atoms with Crippen LogP contribution in [0.4, 0.5) is 0 Å². The molecular formula is C19H17N5O2. The number of hydrogen-bond acceptors (Lipinski definition) is 7. The zero-order valence-electron chi connectivity index (χ0n) is 14.2. The molecule has 130 valence electrons. The predicted octanol–water partition coefficient (Wildman–Crippen LogP) is 1.91. The van der Waals surface area contributed by atoms with Crippen LogP contribution in [0.25, 0.3) is 5.70 Å². The van der Waals surface area contributed by atoms with Gasteiger partial charge in [0.05, 0.1) is 12.3 Å². The first-order valence-electron chi connectivity index (χ1n) is 8.34. The van der Waals surface area contributed by atoms with E-state index in [9.17, 15) is 4.79 Å². The molecule has 0 amide bonds. The maximum Gasteiger partial charge on any atom is 0.329 e. The summed E-state index contributed by atoms with van der Waals surface area (Å²) in [5.41, 5.74) is 5.58. The van der Waals surface area contributed by atoms with Crippen molar-refractivity contribution in [2.24, 2.45) is 4.99 Å². The van der Waals surface area contributed by atoms with Crippen molar-refractivity contribution in [3.05, 3.63) is 78.2 Å². The Morgan fingerprint density at radius 1 is 1.19 bits per heavy atom. The van der Waals surface area contributed by atoms with Crippen LogP contribution in [-0.4, -0.2) is 39.3 Å². The fourth-order valence-electron chi connectivity index (χ4n) is 2.80. The van der Waals surface area contributed by atoms with Gasteiger partial charge in [0.25, 0.3) is 0 Å². The normalized spacial score (nSPS) is 18.6. The molecule has 1 aromatic carbocycles. The molecule has 1 N–H and O–H groups in total. The Kier molecular flexibility index (Phi) is 4.28. The first-order valence-corrected chi connectivity index (χ1v) is 8.34. The zero-order valence-corrected chi connectivity index (χ0v) is 14.2. The van der Waals surface area contributed by atoms with Crippen LogP contribution in [0.1, 0.15) is 18.3 Å². The second-order valence-corrected chi connectivity index (χ2v) is 5.68. The molecular weight excluding hydrogens is 330 g/mol. The van der Waals surface area contributed by atoms with Gasteiger partial charge in [-0.05, 0) is 25.1 Å². The molecule has 2 aromatic rings. The Morgan fingerprint density at radius 3 is 2.69 bits per heavy atom. The van der Waals surface area contributed by atoms with Crippen molar-refractivity contribution in [1.82, 2.24) is 20.4 Å². The van der Waals surface area contributed by atoms with E-state index < -0.39 is 6.04 Å². The van der Waals surface area contributed by atoms with Gasteiger partial charge in [-0.1, -0.05) is 30.3 Å². The summed E-state index contributed by atoms with van der Waals surface area (Å²) in [7, 11) is 0. The number of hydrazine groups is 1. The molecule has 0 spiro atoms. The van der Waals surface area contributed by atoms with E-state index in [0.29, 0.717) is 18.3 Å². The number of nitrogens with one attached hydrogen (secondary N) is 1. The van der Waals surface area contributed by atoms with Crippen LogP contribution in [0.5, 0.6) is 0 Å². The van der Waals surface area contributed by atoms with Gasteiger partial charge in [0.1, 0.15) is 17.6 Å². The minimum absolute atomic E-state index is 0.323. The van der Waals surface area contributed by atoms with Gasteiger partial charge in [0, 0.05) is 18.0 Å². The number of carbonyl (C=O) groups is 1. The molecule has 1 aromatic heterocycles. The van der Waals surface area contributed by atoms with E-state index in [-0.39, 0.29) is 5.97 Å². The molecule has 2 aliphatic rings. The van der Waals surface area contributed by atoms with E-state index in [1.54, 1.807) is 36.5 Å². The van der Waals surface area contributed by atoms with Gasteiger partial charge in [-0.15, -0.1) is 0 Å². The van der Waals surface area contributed by atoms with Gasteiger partial charge in [0.2, 0.25) is 0 Å². The number of rotatable bonds is 4. The molecule has 0 aliphatic carbocycles. The summed E-state index contributed by atoms with van der Waals surface area (Å²) in [4.78, 5) is 25.5. The van der Waals surface area contributed by atoms with E-state index in [1.807, 2.05) is 36.4 Å².